The fraction of sp³-hybridized carbons (Fsp3) is 1.00. The van der Waals surface area contributed by atoms with E-state index in [0.29, 0.717) is 18.4 Å². The Morgan fingerprint density at radius 2 is 0.889 bits per heavy atom. The van der Waals surface area contributed by atoms with Crippen LogP contribution in [-0.4, -0.2) is 0 Å². The molecule has 0 atom stereocenters. The van der Waals surface area contributed by atoms with E-state index in [2.05, 4.69) is 17.0 Å². The molecule has 0 aliphatic rings. The molecule has 18 heavy (non-hydrogen) atoms. The van der Waals surface area contributed by atoms with Crippen molar-refractivity contribution in [3.63, 3.8) is 0 Å². The second kappa shape index (κ2) is 18.1. The van der Waals surface area contributed by atoms with E-state index in [1.54, 1.807) is 0 Å². The molecule has 115 valence electrons. The molecule has 0 aliphatic carbocycles. The van der Waals surface area contributed by atoms with E-state index in [1.807, 2.05) is 0 Å². The van der Waals surface area contributed by atoms with Crippen molar-refractivity contribution in [1.82, 2.24) is 0 Å². The maximum absolute atomic E-state index is 4.34. The number of unbranched alkanes of at least 4 members (excludes halogenated alkanes) is 13. The molecule has 0 saturated heterocycles. The van der Waals surface area contributed by atoms with Crippen LogP contribution in [0.5, 0.6) is 0 Å². The van der Waals surface area contributed by atoms with Crippen molar-refractivity contribution in [1.29, 1.82) is 0 Å². The minimum atomic E-state index is 0.353. The molecule has 2 heteroatoms. The first-order chi connectivity index (χ1) is 8.91. The van der Waals surface area contributed by atoms with Crippen molar-refractivity contribution < 1.29 is 18.4 Å². The van der Waals surface area contributed by atoms with E-state index in [-0.39, 0.29) is 0 Å². The van der Waals surface area contributed by atoms with Crippen molar-refractivity contribution in [2.24, 2.45) is 0 Å². The number of hydrogen-bond donors (Lipinski definition) is 1. The topological polar surface area (TPSA) is 0 Å². The molecule has 0 rings (SSSR count). The molecule has 0 amide bonds. The number of rotatable bonds is 15. The van der Waals surface area contributed by atoms with Gasteiger partial charge < -0.3 is 0 Å². The van der Waals surface area contributed by atoms with Crippen LogP contribution >= 0.6 is 10.1 Å². The standard InChI is InChI=1S/C16H33.Au.H2S/c1-3-5-7-9-11-13-15-16-14-12-10-8-6-4-2;;/h1,3-16H2,2H3;;1H2/q;+1;/p-1. The van der Waals surface area contributed by atoms with Gasteiger partial charge in [0.05, 0.1) is 0 Å². The van der Waals surface area contributed by atoms with Crippen LogP contribution in [0.3, 0.4) is 0 Å². The summed E-state index contributed by atoms with van der Waals surface area (Å²) in [6.45, 7) is 2.29. The van der Waals surface area contributed by atoms with Crippen LogP contribution in [0.1, 0.15) is 96.8 Å². The third-order valence-corrected chi connectivity index (χ3v) is 5.88. The zero-order valence-corrected chi connectivity index (χ0v) is 15.4. The van der Waals surface area contributed by atoms with Gasteiger partial charge in [0.2, 0.25) is 0 Å². The summed E-state index contributed by atoms with van der Waals surface area (Å²) in [5.74, 6) is 0. The summed E-state index contributed by atoms with van der Waals surface area (Å²) in [6.07, 6.45) is 20.4. The van der Waals surface area contributed by atoms with Crippen molar-refractivity contribution >= 4 is 10.1 Å². The summed E-state index contributed by atoms with van der Waals surface area (Å²) in [5, 5.41) is 0. The molecule has 0 aliphatic heterocycles. The quantitative estimate of drug-likeness (QED) is 0.156. The predicted molar refractivity (Wildman–Crippen MR) is 84.1 cm³/mol. The average molecular weight is 455 g/mol. The third-order valence-electron chi connectivity index (χ3n) is 3.53. The molecule has 0 bridgehead atoms. The molecule has 0 aromatic carbocycles. The molecule has 0 radical (unpaired) electrons. The van der Waals surface area contributed by atoms with Gasteiger partial charge in [-0.3, -0.25) is 0 Å². The van der Waals surface area contributed by atoms with Crippen LogP contribution in [0.4, 0.5) is 0 Å². The summed E-state index contributed by atoms with van der Waals surface area (Å²) < 4.78 is 1.40. The Morgan fingerprint density at radius 1 is 0.556 bits per heavy atom. The van der Waals surface area contributed by atoms with Crippen molar-refractivity contribution in [2.45, 2.75) is 101 Å². The fourth-order valence-corrected chi connectivity index (χ4v) is 3.98. The summed E-state index contributed by atoms with van der Waals surface area (Å²) >= 11 is 0.353. The van der Waals surface area contributed by atoms with Crippen LogP contribution in [0.2, 0.25) is 4.64 Å². The zero-order chi connectivity index (χ0) is 13.3. The third kappa shape index (κ3) is 17.1. The van der Waals surface area contributed by atoms with E-state index in [0.717, 1.165) is 0 Å². The summed E-state index contributed by atoms with van der Waals surface area (Å²) in [4.78, 5) is 0. The fourth-order valence-electron chi connectivity index (χ4n) is 2.32. The Balaban J connectivity index is 2.86. The van der Waals surface area contributed by atoms with Gasteiger partial charge in [-0.2, -0.15) is 0 Å². The SMILES string of the molecule is CCCCCCCCCCCCCCC[CH2][Au][SH]. The molecule has 0 fully saturated rings. The van der Waals surface area contributed by atoms with Crippen LogP contribution in [-0.2, 0) is 18.4 Å². The van der Waals surface area contributed by atoms with Gasteiger partial charge in [0.25, 0.3) is 0 Å². The van der Waals surface area contributed by atoms with Gasteiger partial charge >= 0.3 is 104 Å². The van der Waals surface area contributed by atoms with Crippen molar-refractivity contribution in [2.75, 3.05) is 0 Å². The first kappa shape index (κ1) is 19.1. The molecule has 0 saturated carbocycles. The van der Waals surface area contributed by atoms with Crippen molar-refractivity contribution in [3.8, 4) is 0 Å². The Morgan fingerprint density at radius 3 is 1.22 bits per heavy atom. The minimum absolute atomic E-state index is 0.353. The van der Waals surface area contributed by atoms with Gasteiger partial charge in [0, 0.05) is 0 Å². The Hall–Kier alpha value is 1.09. The first-order valence-electron chi connectivity index (χ1n) is 8.06. The number of hydrogen-bond acceptors (Lipinski definition) is 1. The van der Waals surface area contributed by atoms with Gasteiger partial charge in [-0.25, -0.2) is 0 Å². The summed E-state index contributed by atoms with van der Waals surface area (Å²) in [6, 6.07) is 0. The van der Waals surface area contributed by atoms with E-state index >= 15 is 0 Å². The molecule has 0 aromatic heterocycles. The van der Waals surface area contributed by atoms with Gasteiger partial charge in [-0.05, 0) is 0 Å². The first-order valence-corrected chi connectivity index (χ1v) is 12.8. The molecular weight excluding hydrogens is 421 g/mol. The van der Waals surface area contributed by atoms with Crippen LogP contribution < -0.4 is 0 Å². The second-order valence-electron chi connectivity index (χ2n) is 5.34. The average Bonchev–Trinajstić information content (AvgIpc) is 2.39. The van der Waals surface area contributed by atoms with Gasteiger partial charge in [0.1, 0.15) is 0 Å². The van der Waals surface area contributed by atoms with Crippen LogP contribution in [0.15, 0.2) is 0 Å². The maximum atomic E-state index is 4.34. The second-order valence-corrected chi connectivity index (χ2v) is 8.67. The molecule has 0 spiro atoms. The Labute approximate surface area is 129 Å². The Bertz CT molecular complexity index is 123. The summed E-state index contributed by atoms with van der Waals surface area (Å²) in [5.41, 5.74) is 0. The van der Waals surface area contributed by atoms with Gasteiger partial charge in [-0.15, -0.1) is 0 Å². The molecule has 0 N–H and O–H groups in total. The molecule has 0 heterocycles. The zero-order valence-electron chi connectivity index (χ0n) is 12.4. The molecular formula is C16H34AuS. The van der Waals surface area contributed by atoms with E-state index in [4.69, 9.17) is 0 Å². The number of thiol groups is 1. The van der Waals surface area contributed by atoms with Crippen LogP contribution in [0.25, 0.3) is 0 Å². The van der Waals surface area contributed by atoms with Crippen molar-refractivity contribution in [3.05, 3.63) is 0 Å². The predicted octanol–water partition coefficient (Wildman–Crippen LogP) is 6.81. The molecule has 0 nitrogen and oxygen atoms in total. The molecule has 0 unspecified atom stereocenters. The van der Waals surface area contributed by atoms with E-state index in [9.17, 15) is 0 Å². The van der Waals surface area contributed by atoms with Gasteiger partial charge in [-0.1, -0.05) is 26.2 Å². The van der Waals surface area contributed by atoms with E-state index in [1.165, 1.54) is 94.5 Å². The monoisotopic (exact) mass is 455 g/mol. The van der Waals surface area contributed by atoms with Crippen LogP contribution in [0, 0.1) is 0 Å². The normalized spacial score (nSPS) is 11.2. The summed E-state index contributed by atoms with van der Waals surface area (Å²) in [7, 11) is 4.34. The van der Waals surface area contributed by atoms with E-state index < -0.39 is 0 Å². The van der Waals surface area contributed by atoms with Gasteiger partial charge in [0.15, 0.2) is 0 Å². The Kier molecular flexibility index (Phi) is 19.2. The molecule has 0 aromatic rings.